The molecule has 0 unspecified atom stereocenters. The van der Waals surface area contributed by atoms with Crippen molar-refractivity contribution < 1.29 is 18.6 Å². The third-order valence-electron chi connectivity index (χ3n) is 0.782. The van der Waals surface area contributed by atoms with Crippen LogP contribution in [-0.4, -0.2) is 35.2 Å². The first-order valence-corrected chi connectivity index (χ1v) is 3.69. The highest BCUT2D eigenvalue weighted by Crippen LogP contribution is 2.42. The molecular weight excluding hydrogens is 129 g/mol. The van der Waals surface area contributed by atoms with Crippen molar-refractivity contribution >= 4 is 7.75 Å². The number of rotatable bonds is 1. The van der Waals surface area contributed by atoms with Crippen LogP contribution in [0.15, 0.2) is 0 Å². The minimum Gasteiger partial charge on any atom is -0.279 e. The second-order valence-corrected chi connectivity index (χ2v) is 4.68. The summed E-state index contributed by atoms with van der Waals surface area (Å²) in [5.74, 6) is 0. The van der Waals surface area contributed by atoms with E-state index in [-0.39, 0.29) is 4.25 Å². The van der Waals surface area contributed by atoms with E-state index in [2.05, 4.69) is 0 Å². The Balaban J connectivity index is 4.26. The Morgan fingerprint density at radius 2 is 1.38 bits per heavy atom. The molecule has 0 aliphatic rings. The molecule has 0 spiro atoms. The number of quaternary nitrogens is 1. The zero-order valence-corrected chi connectivity index (χ0v) is 6.09. The molecule has 0 aromatic carbocycles. The van der Waals surface area contributed by atoms with Gasteiger partial charge < -0.3 is 0 Å². The van der Waals surface area contributed by atoms with Crippen LogP contribution in [0.25, 0.3) is 0 Å². The summed E-state index contributed by atoms with van der Waals surface area (Å²) in [5.41, 5.74) is 0. The summed E-state index contributed by atoms with van der Waals surface area (Å²) in [5, 5.41) is 0. The maximum atomic E-state index is 10.3. The number of hydrogen-bond donors (Lipinski definition) is 2. The van der Waals surface area contributed by atoms with Gasteiger partial charge >= 0.3 is 7.75 Å². The molecule has 2 N–H and O–H groups in total. The average Bonchev–Trinajstić information content (AvgIpc) is 1.25. The van der Waals surface area contributed by atoms with Crippen molar-refractivity contribution in [3.05, 3.63) is 0 Å². The summed E-state index contributed by atoms with van der Waals surface area (Å²) in [6.07, 6.45) is 0. The van der Waals surface area contributed by atoms with Crippen molar-refractivity contribution in [1.29, 1.82) is 0 Å². The molecule has 8 heavy (non-hydrogen) atoms. The Hall–Kier alpha value is 0.110. The van der Waals surface area contributed by atoms with Gasteiger partial charge in [-0.1, -0.05) is 0 Å². The normalized spacial score (nSPS) is 14.1. The van der Waals surface area contributed by atoms with Crippen LogP contribution in [0.5, 0.6) is 0 Å². The standard InChI is InChI=1S/C3H10NO3P/c1-4(2,3)8(5,6)7/h1-3H3,(H-,5,6,7)/p+1. The molecule has 50 valence electrons. The molecule has 0 rings (SSSR count). The summed E-state index contributed by atoms with van der Waals surface area (Å²) < 4.78 is 10.0. The summed E-state index contributed by atoms with van der Waals surface area (Å²) in [6, 6.07) is 0. The molecule has 0 aromatic heterocycles. The van der Waals surface area contributed by atoms with Gasteiger partial charge in [0, 0.05) is 0 Å². The van der Waals surface area contributed by atoms with Crippen molar-refractivity contribution in [1.82, 2.24) is 0 Å². The van der Waals surface area contributed by atoms with Crippen molar-refractivity contribution in [3.63, 3.8) is 0 Å². The van der Waals surface area contributed by atoms with Gasteiger partial charge in [-0.05, 0) is 0 Å². The molecule has 0 radical (unpaired) electrons. The van der Waals surface area contributed by atoms with Crippen molar-refractivity contribution in [2.75, 3.05) is 21.1 Å². The molecule has 0 aromatic rings. The van der Waals surface area contributed by atoms with Gasteiger partial charge in [0.1, 0.15) is 0 Å². The minimum atomic E-state index is -3.91. The molecule has 0 fully saturated rings. The largest absolute Gasteiger partial charge is 0.525 e. The van der Waals surface area contributed by atoms with Gasteiger partial charge in [0.05, 0.1) is 21.1 Å². The second-order valence-electron chi connectivity index (χ2n) is 2.45. The van der Waals surface area contributed by atoms with Crippen molar-refractivity contribution in [2.45, 2.75) is 0 Å². The number of nitrogens with zero attached hydrogens (tertiary/aromatic N) is 1. The maximum Gasteiger partial charge on any atom is 0.525 e. The summed E-state index contributed by atoms with van der Waals surface area (Å²) >= 11 is 0. The van der Waals surface area contributed by atoms with E-state index in [0.29, 0.717) is 0 Å². The first-order chi connectivity index (χ1) is 3.25. The Morgan fingerprint density at radius 1 is 1.25 bits per heavy atom. The van der Waals surface area contributed by atoms with E-state index in [1.54, 1.807) is 0 Å². The Labute approximate surface area is 48.5 Å². The number of hydrogen-bond acceptors (Lipinski definition) is 1. The Morgan fingerprint density at radius 3 is 1.38 bits per heavy atom. The molecule has 0 aliphatic heterocycles. The molecule has 0 amide bonds. The smallest absolute Gasteiger partial charge is 0.279 e. The topological polar surface area (TPSA) is 57.5 Å². The molecular formula is C3H11NO3P+. The molecule has 4 nitrogen and oxygen atoms in total. The van der Waals surface area contributed by atoms with Crippen LogP contribution in [0.3, 0.4) is 0 Å². The van der Waals surface area contributed by atoms with Gasteiger partial charge in [-0.3, -0.25) is 9.79 Å². The summed E-state index contributed by atoms with van der Waals surface area (Å²) in [4.78, 5) is 16.9. The first-order valence-electron chi connectivity index (χ1n) is 2.12. The van der Waals surface area contributed by atoms with Crippen molar-refractivity contribution in [3.8, 4) is 0 Å². The fraction of sp³-hybridized carbons (Fsp3) is 1.00. The molecule has 0 heterocycles. The van der Waals surface area contributed by atoms with Gasteiger partial charge in [0.25, 0.3) is 0 Å². The molecule has 0 aliphatic carbocycles. The van der Waals surface area contributed by atoms with E-state index in [1.807, 2.05) is 0 Å². The van der Waals surface area contributed by atoms with Crippen LogP contribution in [0.2, 0.25) is 0 Å². The maximum absolute atomic E-state index is 10.3. The highest BCUT2D eigenvalue weighted by Gasteiger charge is 2.32. The van der Waals surface area contributed by atoms with Gasteiger partial charge in [-0.15, -0.1) is 0 Å². The third-order valence-corrected chi connectivity index (χ3v) is 2.34. The summed E-state index contributed by atoms with van der Waals surface area (Å²) in [6.45, 7) is 0. The molecule has 0 saturated carbocycles. The van der Waals surface area contributed by atoms with Crippen LogP contribution in [0, 0.1) is 0 Å². The van der Waals surface area contributed by atoms with Crippen LogP contribution in [0.1, 0.15) is 0 Å². The lowest BCUT2D eigenvalue weighted by atomic mass is 11.0. The van der Waals surface area contributed by atoms with E-state index < -0.39 is 7.75 Å². The molecule has 0 bridgehead atoms. The highest BCUT2D eigenvalue weighted by molar-refractivity contribution is 7.45. The fourth-order valence-corrected chi connectivity index (χ4v) is 0. The zero-order chi connectivity index (χ0) is 7.00. The molecule has 0 saturated heterocycles. The SMILES string of the molecule is C[N+](C)(C)P(=O)(O)O. The van der Waals surface area contributed by atoms with Gasteiger partial charge in [0.15, 0.2) is 0 Å². The van der Waals surface area contributed by atoms with E-state index in [1.165, 1.54) is 21.1 Å². The predicted octanol–water partition coefficient (Wildman–Crippen LogP) is -0.215. The Bertz CT molecular complexity index is 121. The van der Waals surface area contributed by atoms with E-state index in [0.717, 1.165) is 0 Å². The van der Waals surface area contributed by atoms with Crippen LogP contribution in [-0.2, 0) is 4.57 Å². The fourth-order valence-electron chi connectivity index (χ4n) is 0. The van der Waals surface area contributed by atoms with Crippen LogP contribution < -0.4 is 0 Å². The first kappa shape index (κ1) is 8.11. The van der Waals surface area contributed by atoms with Gasteiger partial charge in [0.2, 0.25) is 0 Å². The lowest BCUT2D eigenvalue weighted by Crippen LogP contribution is -2.29. The quantitative estimate of drug-likeness (QED) is 0.495. The van der Waals surface area contributed by atoms with E-state index >= 15 is 0 Å². The Kier molecular flexibility index (Phi) is 1.83. The lowest BCUT2D eigenvalue weighted by molar-refractivity contribution is -0.758. The highest BCUT2D eigenvalue weighted by atomic mass is 31.2. The van der Waals surface area contributed by atoms with E-state index in [4.69, 9.17) is 9.79 Å². The van der Waals surface area contributed by atoms with Crippen molar-refractivity contribution in [2.24, 2.45) is 0 Å². The molecule has 0 atom stereocenters. The predicted molar refractivity (Wildman–Crippen MR) is 30.1 cm³/mol. The average molecular weight is 140 g/mol. The van der Waals surface area contributed by atoms with Crippen LogP contribution in [0.4, 0.5) is 0 Å². The monoisotopic (exact) mass is 140 g/mol. The second kappa shape index (κ2) is 1.81. The third kappa shape index (κ3) is 1.92. The summed E-state index contributed by atoms with van der Waals surface area (Å²) in [7, 11) is 0.424. The van der Waals surface area contributed by atoms with Gasteiger partial charge in [-0.2, -0.15) is 0 Å². The molecule has 5 heteroatoms. The van der Waals surface area contributed by atoms with Gasteiger partial charge in [-0.25, -0.2) is 8.82 Å². The minimum absolute atomic E-state index is 0.312. The zero-order valence-electron chi connectivity index (χ0n) is 5.20. The lowest BCUT2D eigenvalue weighted by Gasteiger charge is -2.22. The van der Waals surface area contributed by atoms with Crippen LogP contribution >= 0.6 is 7.75 Å². The van der Waals surface area contributed by atoms with E-state index in [9.17, 15) is 4.57 Å².